The summed E-state index contributed by atoms with van der Waals surface area (Å²) in [7, 11) is 0. The van der Waals surface area contributed by atoms with E-state index in [0.717, 1.165) is 38.8 Å². The average Bonchev–Trinajstić information content (AvgIpc) is 2.26. The summed E-state index contributed by atoms with van der Waals surface area (Å²) in [6, 6.07) is 4.30. The molecule has 3 heteroatoms. The second-order valence-electron chi connectivity index (χ2n) is 3.69. The number of hydrogen-bond donors (Lipinski definition) is 1. The molecule has 0 rings (SSSR count). The molecule has 0 saturated heterocycles. The first-order chi connectivity index (χ1) is 7.41. The Kier molecular flexibility index (Phi) is 12.0. The highest BCUT2D eigenvalue weighted by molar-refractivity contribution is 4.68. The predicted octanol–water partition coefficient (Wildman–Crippen LogP) is 2.74. The summed E-state index contributed by atoms with van der Waals surface area (Å²) in [6.07, 6.45) is 8.06. The normalized spacial score (nSPS) is 9.47. The Bertz CT molecular complexity index is 178. The van der Waals surface area contributed by atoms with Crippen LogP contribution in [0, 0.1) is 22.7 Å². The van der Waals surface area contributed by atoms with E-state index in [4.69, 9.17) is 10.5 Å². The van der Waals surface area contributed by atoms with Crippen molar-refractivity contribution in [3.05, 3.63) is 0 Å². The van der Waals surface area contributed by atoms with Gasteiger partial charge < -0.3 is 5.32 Å². The summed E-state index contributed by atoms with van der Waals surface area (Å²) in [5.41, 5.74) is 0. The second-order valence-corrected chi connectivity index (χ2v) is 3.69. The minimum atomic E-state index is 0.689. The SMILES string of the molecule is N#CCCCCCNCCCCCC#N. The Morgan fingerprint density at radius 2 is 1.13 bits per heavy atom. The van der Waals surface area contributed by atoms with E-state index in [9.17, 15) is 0 Å². The quantitative estimate of drug-likeness (QED) is 0.560. The van der Waals surface area contributed by atoms with Gasteiger partial charge in [0, 0.05) is 12.8 Å². The molecule has 0 aliphatic carbocycles. The maximum absolute atomic E-state index is 8.32. The van der Waals surface area contributed by atoms with Crippen molar-refractivity contribution in [2.75, 3.05) is 13.1 Å². The first kappa shape index (κ1) is 13.9. The van der Waals surface area contributed by atoms with E-state index in [-0.39, 0.29) is 0 Å². The largest absolute Gasteiger partial charge is 0.317 e. The van der Waals surface area contributed by atoms with Crippen molar-refractivity contribution in [2.24, 2.45) is 0 Å². The van der Waals surface area contributed by atoms with Crippen molar-refractivity contribution in [2.45, 2.75) is 51.4 Å². The molecule has 0 bridgehead atoms. The summed E-state index contributed by atoms with van der Waals surface area (Å²) < 4.78 is 0. The van der Waals surface area contributed by atoms with E-state index in [1.54, 1.807) is 0 Å². The zero-order valence-electron chi connectivity index (χ0n) is 9.47. The maximum atomic E-state index is 8.32. The number of rotatable bonds is 10. The number of hydrogen-bond acceptors (Lipinski definition) is 3. The summed E-state index contributed by atoms with van der Waals surface area (Å²) in [4.78, 5) is 0. The fourth-order valence-electron chi connectivity index (χ4n) is 1.39. The smallest absolute Gasteiger partial charge is 0.0621 e. The molecule has 0 atom stereocenters. The summed E-state index contributed by atoms with van der Waals surface area (Å²) in [5.74, 6) is 0. The first-order valence-electron chi connectivity index (χ1n) is 5.86. The molecular formula is C12H21N3. The molecule has 0 spiro atoms. The lowest BCUT2D eigenvalue weighted by Gasteiger charge is -2.03. The van der Waals surface area contributed by atoms with Gasteiger partial charge in [0.1, 0.15) is 0 Å². The van der Waals surface area contributed by atoms with Crippen molar-refractivity contribution < 1.29 is 0 Å². The van der Waals surface area contributed by atoms with Gasteiger partial charge >= 0.3 is 0 Å². The molecular weight excluding hydrogens is 186 g/mol. The van der Waals surface area contributed by atoms with Crippen LogP contribution in [0.3, 0.4) is 0 Å². The molecule has 1 N–H and O–H groups in total. The minimum absolute atomic E-state index is 0.689. The van der Waals surface area contributed by atoms with Crippen LogP contribution in [0.1, 0.15) is 51.4 Å². The minimum Gasteiger partial charge on any atom is -0.317 e. The third kappa shape index (κ3) is 12.9. The highest BCUT2D eigenvalue weighted by Crippen LogP contribution is 1.99. The Balaban J connectivity index is 2.88. The van der Waals surface area contributed by atoms with Crippen LogP contribution < -0.4 is 5.32 Å². The number of nitrogens with zero attached hydrogens (tertiary/aromatic N) is 2. The van der Waals surface area contributed by atoms with Gasteiger partial charge in [-0.2, -0.15) is 10.5 Å². The van der Waals surface area contributed by atoms with Gasteiger partial charge in [-0.3, -0.25) is 0 Å². The van der Waals surface area contributed by atoms with E-state index in [2.05, 4.69) is 17.5 Å². The molecule has 0 aromatic carbocycles. The average molecular weight is 207 g/mol. The van der Waals surface area contributed by atoms with Crippen LogP contribution >= 0.6 is 0 Å². The molecule has 0 amide bonds. The lowest BCUT2D eigenvalue weighted by Crippen LogP contribution is -2.16. The van der Waals surface area contributed by atoms with Gasteiger partial charge in [0.2, 0.25) is 0 Å². The molecule has 3 nitrogen and oxygen atoms in total. The fraction of sp³-hybridized carbons (Fsp3) is 0.833. The van der Waals surface area contributed by atoms with Gasteiger partial charge in [0.05, 0.1) is 12.1 Å². The van der Waals surface area contributed by atoms with Gasteiger partial charge in [0.15, 0.2) is 0 Å². The van der Waals surface area contributed by atoms with Gasteiger partial charge in [-0.15, -0.1) is 0 Å². The third-order valence-electron chi connectivity index (χ3n) is 2.28. The highest BCUT2D eigenvalue weighted by atomic mass is 14.8. The molecule has 0 saturated carbocycles. The molecule has 0 aliphatic rings. The topological polar surface area (TPSA) is 59.6 Å². The van der Waals surface area contributed by atoms with Crippen LogP contribution in [0.15, 0.2) is 0 Å². The lowest BCUT2D eigenvalue weighted by molar-refractivity contribution is 0.573. The molecule has 0 unspecified atom stereocenters. The lowest BCUT2D eigenvalue weighted by atomic mass is 10.2. The van der Waals surface area contributed by atoms with Crippen LogP contribution in [0.5, 0.6) is 0 Å². The Hall–Kier alpha value is -1.06. The Morgan fingerprint density at radius 3 is 1.53 bits per heavy atom. The monoisotopic (exact) mass is 207 g/mol. The molecule has 0 heterocycles. The summed E-state index contributed by atoms with van der Waals surface area (Å²) >= 11 is 0. The van der Waals surface area contributed by atoms with Gasteiger partial charge in [-0.05, 0) is 38.8 Å². The Morgan fingerprint density at radius 1 is 0.667 bits per heavy atom. The van der Waals surface area contributed by atoms with Crippen LogP contribution in [0.2, 0.25) is 0 Å². The van der Waals surface area contributed by atoms with E-state index >= 15 is 0 Å². The Labute approximate surface area is 93.1 Å². The van der Waals surface area contributed by atoms with Crippen molar-refractivity contribution in [3.63, 3.8) is 0 Å². The van der Waals surface area contributed by atoms with Gasteiger partial charge in [-0.1, -0.05) is 12.8 Å². The van der Waals surface area contributed by atoms with Crippen molar-refractivity contribution in [3.8, 4) is 12.1 Å². The summed E-state index contributed by atoms with van der Waals surface area (Å²) in [6.45, 7) is 2.12. The van der Waals surface area contributed by atoms with Crippen LogP contribution in [-0.4, -0.2) is 13.1 Å². The van der Waals surface area contributed by atoms with Crippen molar-refractivity contribution in [1.82, 2.24) is 5.32 Å². The second kappa shape index (κ2) is 12.9. The number of unbranched alkanes of at least 4 members (excludes halogenated alkanes) is 6. The van der Waals surface area contributed by atoms with Gasteiger partial charge in [0.25, 0.3) is 0 Å². The molecule has 84 valence electrons. The summed E-state index contributed by atoms with van der Waals surface area (Å²) in [5, 5.41) is 20.0. The zero-order chi connectivity index (χ0) is 11.2. The molecule has 0 radical (unpaired) electrons. The van der Waals surface area contributed by atoms with E-state index in [1.165, 1.54) is 12.8 Å². The maximum Gasteiger partial charge on any atom is 0.0621 e. The van der Waals surface area contributed by atoms with Crippen LogP contribution in [-0.2, 0) is 0 Å². The molecule has 0 aromatic heterocycles. The number of nitriles is 2. The molecule has 15 heavy (non-hydrogen) atoms. The predicted molar refractivity (Wildman–Crippen MR) is 61.0 cm³/mol. The van der Waals surface area contributed by atoms with Crippen LogP contribution in [0.4, 0.5) is 0 Å². The zero-order valence-corrected chi connectivity index (χ0v) is 9.47. The first-order valence-corrected chi connectivity index (χ1v) is 5.86. The van der Waals surface area contributed by atoms with E-state index in [0.29, 0.717) is 12.8 Å². The van der Waals surface area contributed by atoms with E-state index < -0.39 is 0 Å². The highest BCUT2D eigenvalue weighted by Gasteiger charge is 1.91. The fourth-order valence-corrected chi connectivity index (χ4v) is 1.39. The van der Waals surface area contributed by atoms with Gasteiger partial charge in [-0.25, -0.2) is 0 Å². The van der Waals surface area contributed by atoms with E-state index in [1.807, 2.05) is 0 Å². The standard InChI is InChI=1S/C12H21N3/c13-9-5-1-3-7-11-15-12-8-4-2-6-10-14/h15H,1-8,11-12H2. The van der Waals surface area contributed by atoms with Crippen molar-refractivity contribution in [1.29, 1.82) is 10.5 Å². The van der Waals surface area contributed by atoms with Crippen molar-refractivity contribution >= 4 is 0 Å². The third-order valence-corrected chi connectivity index (χ3v) is 2.28. The number of nitrogens with one attached hydrogen (secondary N) is 1. The molecule has 0 aliphatic heterocycles. The van der Waals surface area contributed by atoms with Crippen LogP contribution in [0.25, 0.3) is 0 Å². The molecule has 0 aromatic rings. The molecule has 0 fully saturated rings.